The molecule has 0 saturated heterocycles. The number of carbonyl (C=O) groups is 3. The number of rotatable bonds is 6. The van der Waals surface area contributed by atoms with Gasteiger partial charge in [-0.2, -0.15) is 8.42 Å². The van der Waals surface area contributed by atoms with Crippen molar-refractivity contribution in [2.24, 2.45) is 17.8 Å². The fourth-order valence-electron chi connectivity index (χ4n) is 4.38. The molecule has 1 aliphatic heterocycles. The summed E-state index contributed by atoms with van der Waals surface area (Å²) in [6, 6.07) is 0. The molecule has 0 spiro atoms. The zero-order chi connectivity index (χ0) is 18.4. The van der Waals surface area contributed by atoms with Gasteiger partial charge in [-0.15, -0.1) is 9.35 Å². The third kappa shape index (κ3) is 3.48. The van der Waals surface area contributed by atoms with E-state index in [9.17, 15) is 22.8 Å². The van der Waals surface area contributed by atoms with Gasteiger partial charge in [0.2, 0.25) is 0 Å². The molecular weight excluding hydrogens is 350 g/mol. The highest BCUT2D eigenvalue weighted by molar-refractivity contribution is 7.86. The Balaban J connectivity index is 1.68. The SMILES string of the molecule is CCC(=O)OC1(C)CC2CC(CS(=O)(=O)ON3C(=O)C=CC3=O)C1C2. The zero-order valence-electron chi connectivity index (χ0n) is 14.1. The van der Waals surface area contributed by atoms with E-state index in [2.05, 4.69) is 0 Å². The highest BCUT2D eigenvalue weighted by Crippen LogP contribution is 2.55. The third-order valence-electron chi connectivity index (χ3n) is 5.28. The number of hydrogen-bond acceptors (Lipinski definition) is 7. The lowest BCUT2D eigenvalue weighted by Crippen LogP contribution is -2.43. The number of amides is 2. The Kier molecular flexibility index (Phi) is 4.48. The van der Waals surface area contributed by atoms with Crippen molar-refractivity contribution in [1.82, 2.24) is 5.06 Å². The van der Waals surface area contributed by atoms with E-state index >= 15 is 0 Å². The molecule has 0 aromatic rings. The van der Waals surface area contributed by atoms with Gasteiger partial charge < -0.3 is 4.74 Å². The predicted octanol–water partition coefficient (Wildman–Crippen LogP) is 0.931. The molecule has 4 unspecified atom stereocenters. The van der Waals surface area contributed by atoms with E-state index in [-0.39, 0.29) is 35.0 Å². The molecule has 2 saturated carbocycles. The van der Waals surface area contributed by atoms with E-state index in [1.807, 2.05) is 6.92 Å². The minimum absolute atomic E-state index is 0.0746. The first-order valence-electron chi connectivity index (χ1n) is 8.34. The first kappa shape index (κ1) is 18.1. The highest BCUT2D eigenvalue weighted by Gasteiger charge is 2.56. The van der Waals surface area contributed by atoms with E-state index in [4.69, 9.17) is 9.02 Å². The molecular formula is C16H21NO7S. The maximum Gasteiger partial charge on any atom is 0.306 e. The van der Waals surface area contributed by atoms with Crippen LogP contribution in [0.3, 0.4) is 0 Å². The van der Waals surface area contributed by atoms with Crippen molar-refractivity contribution in [3.63, 3.8) is 0 Å². The van der Waals surface area contributed by atoms with Crippen molar-refractivity contribution < 1.29 is 31.8 Å². The minimum atomic E-state index is -4.12. The molecule has 3 aliphatic rings. The van der Waals surface area contributed by atoms with Crippen LogP contribution in [-0.4, -0.2) is 42.6 Å². The van der Waals surface area contributed by atoms with Crippen LogP contribution < -0.4 is 0 Å². The second kappa shape index (κ2) is 6.21. The first-order chi connectivity index (χ1) is 11.6. The first-order valence-corrected chi connectivity index (χ1v) is 9.91. The molecule has 9 heteroatoms. The number of hydrogen-bond donors (Lipinski definition) is 0. The quantitative estimate of drug-likeness (QED) is 0.505. The summed E-state index contributed by atoms with van der Waals surface area (Å²) in [6.45, 7) is 3.56. The summed E-state index contributed by atoms with van der Waals surface area (Å²) in [4.78, 5) is 34.6. The van der Waals surface area contributed by atoms with Crippen LogP contribution in [0.15, 0.2) is 12.2 Å². The average Bonchev–Trinajstić information content (AvgIpc) is 3.14. The van der Waals surface area contributed by atoms with Crippen LogP contribution in [0.2, 0.25) is 0 Å². The van der Waals surface area contributed by atoms with E-state index in [1.54, 1.807) is 6.92 Å². The topological polar surface area (TPSA) is 107 Å². The predicted molar refractivity (Wildman–Crippen MR) is 85.0 cm³/mol. The Morgan fingerprint density at radius 2 is 1.92 bits per heavy atom. The summed E-state index contributed by atoms with van der Waals surface area (Å²) < 4.78 is 34.9. The number of fused-ring (bicyclic) bond motifs is 2. The Morgan fingerprint density at radius 3 is 2.48 bits per heavy atom. The van der Waals surface area contributed by atoms with Gasteiger partial charge in [0.25, 0.3) is 21.9 Å². The van der Waals surface area contributed by atoms with Crippen LogP contribution >= 0.6 is 0 Å². The number of esters is 1. The standard InChI is InChI=1S/C16H21NO7S/c1-3-15(20)23-16(2)8-10-6-11(12(16)7-10)9-25(21,22)24-17-13(18)4-5-14(17)19/h4-5,10-12H,3,6-9H2,1-2H3. The third-order valence-corrected chi connectivity index (χ3v) is 6.49. The fraction of sp³-hybridized carbons (Fsp3) is 0.688. The zero-order valence-corrected chi connectivity index (χ0v) is 15.0. The summed E-state index contributed by atoms with van der Waals surface area (Å²) in [6.07, 6.45) is 4.41. The Labute approximate surface area is 146 Å². The number of hydroxylamine groups is 2. The summed E-state index contributed by atoms with van der Waals surface area (Å²) >= 11 is 0. The molecule has 2 aliphatic carbocycles. The van der Waals surface area contributed by atoms with Gasteiger partial charge in [-0.05, 0) is 38.0 Å². The molecule has 138 valence electrons. The van der Waals surface area contributed by atoms with Crippen LogP contribution in [0.5, 0.6) is 0 Å². The molecule has 1 heterocycles. The van der Waals surface area contributed by atoms with Crippen LogP contribution in [0, 0.1) is 17.8 Å². The van der Waals surface area contributed by atoms with Gasteiger partial charge in [0.1, 0.15) is 5.60 Å². The van der Waals surface area contributed by atoms with Crippen molar-refractivity contribution in [3.8, 4) is 0 Å². The molecule has 8 nitrogen and oxygen atoms in total. The molecule has 4 atom stereocenters. The van der Waals surface area contributed by atoms with E-state index in [1.165, 1.54) is 0 Å². The molecule has 0 radical (unpaired) electrons. The van der Waals surface area contributed by atoms with Crippen LogP contribution in [-0.2, 0) is 33.5 Å². The molecule has 2 bridgehead atoms. The van der Waals surface area contributed by atoms with Gasteiger partial charge in [-0.25, -0.2) is 0 Å². The monoisotopic (exact) mass is 371 g/mol. The molecule has 25 heavy (non-hydrogen) atoms. The van der Waals surface area contributed by atoms with Gasteiger partial charge in [-0.1, -0.05) is 6.92 Å². The second-order valence-electron chi connectivity index (χ2n) is 7.15. The number of imide groups is 1. The minimum Gasteiger partial charge on any atom is -0.459 e. The highest BCUT2D eigenvalue weighted by atomic mass is 32.2. The Hall–Kier alpha value is -1.74. The van der Waals surface area contributed by atoms with Gasteiger partial charge in [0.15, 0.2) is 0 Å². The fourth-order valence-corrected chi connectivity index (χ4v) is 5.71. The van der Waals surface area contributed by atoms with Crippen molar-refractivity contribution >= 4 is 27.9 Å². The number of nitrogens with zero attached hydrogens (tertiary/aromatic N) is 1. The smallest absolute Gasteiger partial charge is 0.306 e. The largest absolute Gasteiger partial charge is 0.459 e. The number of ether oxygens (including phenoxy) is 1. The van der Waals surface area contributed by atoms with Crippen molar-refractivity contribution in [3.05, 3.63) is 12.2 Å². The van der Waals surface area contributed by atoms with E-state index < -0.39 is 27.5 Å². The summed E-state index contributed by atoms with van der Waals surface area (Å²) in [5.74, 6) is -2.26. The maximum atomic E-state index is 12.3. The maximum absolute atomic E-state index is 12.3. The van der Waals surface area contributed by atoms with Gasteiger partial charge >= 0.3 is 5.97 Å². The van der Waals surface area contributed by atoms with Gasteiger partial charge in [0, 0.05) is 24.5 Å². The van der Waals surface area contributed by atoms with E-state index in [0.717, 1.165) is 25.0 Å². The Bertz CT molecular complexity index is 726. The summed E-state index contributed by atoms with van der Waals surface area (Å²) in [5, 5.41) is 0.249. The summed E-state index contributed by atoms with van der Waals surface area (Å²) in [5.41, 5.74) is -0.670. The second-order valence-corrected chi connectivity index (χ2v) is 8.75. The normalized spacial score (nSPS) is 34.2. The lowest BCUT2D eigenvalue weighted by molar-refractivity contribution is -0.166. The van der Waals surface area contributed by atoms with E-state index in [0.29, 0.717) is 12.3 Å². The lowest BCUT2D eigenvalue weighted by atomic mass is 9.79. The molecule has 0 aromatic heterocycles. The summed E-state index contributed by atoms with van der Waals surface area (Å²) in [7, 11) is -4.12. The van der Waals surface area contributed by atoms with Crippen LogP contribution in [0.4, 0.5) is 0 Å². The van der Waals surface area contributed by atoms with Crippen molar-refractivity contribution in [1.29, 1.82) is 0 Å². The molecule has 2 fully saturated rings. The average molecular weight is 371 g/mol. The van der Waals surface area contributed by atoms with Gasteiger partial charge in [-0.3, -0.25) is 14.4 Å². The van der Waals surface area contributed by atoms with Crippen molar-refractivity contribution in [2.75, 3.05) is 5.75 Å². The van der Waals surface area contributed by atoms with Crippen LogP contribution in [0.1, 0.15) is 39.5 Å². The Morgan fingerprint density at radius 1 is 1.28 bits per heavy atom. The van der Waals surface area contributed by atoms with Crippen LogP contribution in [0.25, 0.3) is 0 Å². The molecule has 0 N–H and O–H groups in total. The lowest BCUT2D eigenvalue weighted by Gasteiger charge is -2.38. The molecule has 3 rings (SSSR count). The van der Waals surface area contributed by atoms with Crippen molar-refractivity contribution in [2.45, 2.75) is 45.1 Å². The molecule has 2 amide bonds. The molecule has 0 aromatic carbocycles. The van der Waals surface area contributed by atoms with Gasteiger partial charge in [0.05, 0.1) is 5.75 Å². The number of carbonyl (C=O) groups excluding carboxylic acids is 3.